The first-order valence-electron chi connectivity index (χ1n) is 6.15. The van der Waals surface area contributed by atoms with Crippen molar-refractivity contribution in [2.75, 3.05) is 6.54 Å². The average Bonchev–Trinajstić information content (AvgIpc) is 3.00. The van der Waals surface area contributed by atoms with E-state index in [1.165, 1.54) is 11.3 Å². The van der Waals surface area contributed by atoms with Gasteiger partial charge in [0.2, 0.25) is 0 Å². The smallest absolute Gasteiger partial charge is 0.262 e. The van der Waals surface area contributed by atoms with Crippen LogP contribution in [0, 0.1) is 18.8 Å². The second kappa shape index (κ2) is 6.37. The molecule has 0 aliphatic heterocycles. The van der Waals surface area contributed by atoms with Crippen LogP contribution >= 0.6 is 11.3 Å². The van der Waals surface area contributed by atoms with Gasteiger partial charge in [-0.15, -0.1) is 11.3 Å². The highest BCUT2D eigenvalue weighted by atomic mass is 32.1. The molecule has 104 valence electrons. The minimum absolute atomic E-state index is 0.121. The van der Waals surface area contributed by atoms with Gasteiger partial charge in [-0.3, -0.25) is 9.48 Å². The number of carbonyl (C=O) groups excluding carboxylic acids is 1. The number of aromatic nitrogens is 2. The van der Waals surface area contributed by atoms with Gasteiger partial charge in [0.1, 0.15) is 4.88 Å². The van der Waals surface area contributed by atoms with Crippen molar-refractivity contribution in [3.8, 4) is 11.8 Å². The van der Waals surface area contributed by atoms with E-state index in [1.807, 2.05) is 31.6 Å². The average molecular weight is 288 g/mol. The van der Waals surface area contributed by atoms with E-state index in [2.05, 4.69) is 22.3 Å². The van der Waals surface area contributed by atoms with Crippen LogP contribution in [0.1, 0.15) is 26.5 Å². The number of thiophene rings is 1. The molecule has 0 radical (unpaired) electrons. The van der Waals surface area contributed by atoms with Gasteiger partial charge in [0.15, 0.2) is 0 Å². The van der Waals surface area contributed by atoms with Gasteiger partial charge >= 0.3 is 0 Å². The third-order valence-corrected chi connectivity index (χ3v) is 3.66. The molecule has 0 spiro atoms. The van der Waals surface area contributed by atoms with E-state index in [-0.39, 0.29) is 12.5 Å². The van der Waals surface area contributed by atoms with E-state index in [9.17, 15) is 4.79 Å². The monoisotopic (exact) mass is 288 g/mol. The second-order valence-corrected chi connectivity index (χ2v) is 5.18. The lowest BCUT2D eigenvalue weighted by molar-refractivity contribution is 0.0954. The van der Waals surface area contributed by atoms with Crippen LogP contribution < -0.4 is 11.1 Å². The fourth-order valence-electron chi connectivity index (χ4n) is 1.81. The minimum Gasteiger partial charge on any atom is -0.347 e. The van der Waals surface area contributed by atoms with Crippen LogP contribution in [0.2, 0.25) is 0 Å². The van der Waals surface area contributed by atoms with Crippen molar-refractivity contribution in [3.63, 3.8) is 0 Å². The van der Waals surface area contributed by atoms with Crippen LogP contribution in [0.5, 0.6) is 0 Å². The SMILES string of the molecule is Cc1nn(C)cc1CNC(=O)c1sccc1C#CCN. The quantitative estimate of drug-likeness (QED) is 0.829. The van der Waals surface area contributed by atoms with Crippen LogP contribution in [-0.2, 0) is 13.6 Å². The number of carbonyl (C=O) groups is 1. The van der Waals surface area contributed by atoms with Crippen molar-refractivity contribution in [3.05, 3.63) is 39.3 Å². The number of rotatable bonds is 3. The Kier molecular flexibility index (Phi) is 4.56. The van der Waals surface area contributed by atoms with E-state index in [4.69, 9.17) is 5.73 Å². The topological polar surface area (TPSA) is 72.9 Å². The molecule has 2 rings (SSSR count). The number of nitrogens with two attached hydrogens (primary N) is 1. The van der Waals surface area contributed by atoms with Crippen molar-refractivity contribution in [2.24, 2.45) is 12.8 Å². The third-order valence-electron chi connectivity index (χ3n) is 2.75. The van der Waals surface area contributed by atoms with Crippen molar-refractivity contribution < 1.29 is 4.79 Å². The highest BCUT2D eigenvalue weighted by molar-refractivity contribution is 7.12. The molecule has 0 unspecified atom stereocenters. The molecule has 0 saturated carbocycles. The molecule has 0 bridgehead atoms. The van der Waals surface area contributed by atoms with Crippen molar-refractivity contribution in [1.29, 1.82) is 0 Å². The number of hydrogen-bond acceptors (Lipinski definition) is 4. The molecule has 20 heavy (non-hydrogen) atoms. The Bertz CT molecular complexity index is 675. The lowest BCUT2D eigenvalue weighted by Crippen LogP contribution is -2.22. The fourth-order valence-corrected chi connectivity index (χ4v) is 2.57. The number of aryl methyl sites for hydroxylation is 2. The Morgan fingerprint density at radius 1 is 1.60 bits per heavy atom. The molecule has 0 aliphatic carbocycles. The maximum absolute atomic E-state index is 12.2. The summed E-state index contributed by atoms with van der Waals surface area (Å²) in [6, 6.07) is 1.83. The summed E-state index contributed by atoms with van der Waals surface area (Å²) in [6.45, 7) is 2.66. The van der Waals surface area contributed by atoms with Gasteiger partial charge in [0.05, 0.1) is 12.2 Å². The predicted molar refractivity (Wildman–Crippen MR) is 79.4 cm³/mol. The molecule has 0 aromatic carbocycles. The van der Waals surface area contributed by atoms with Crippen LogP contribution in [-0.4, -0.2) is 22.2 Å². The van der Waals surface area contributed by atoms with Crippen molar-refractivity contribution in [1.82, 2.24) is 15.1 Å². The zero-order valence-corrected chi connectivity index (χ0v) is 12.3. The Morgan fingerprint density at radius 2 is 2.40 bits per heavy atom. The summed E-state index contributed by atoms with van der Waals surface area (Å²) in [5.74, 6) is 5.55. The molecular weight excluding hydrogens is 272 g/mol. The van der Waals surface area contributed by atoms with Crippen LogP contribution in [0.25, 0.3) is 0 Å². The molecule has 1 amide bonds. The van der Waals surface area contributed by atoms with Crippen molar-refractivity contribution >= 4 is 17.2 Å². The molecule has 0 saturated heterocycles. The summed E-state index contributed by atoms with van der Waals surface area (Å²) in [6.07, 6.45) is 1.90. The zero-order chi connectivity index (χ0) is 14.5. The number of nitrogens with zero attached hydrogens (tertiary/aromatic N) is 2. The van der Waals surface area contributed by atoms with Gasteiger partial charge in [0.25, 0.3) is 5.91 Å². The Labute approximate surface area is 121 Å². The molecule has 0 atom stereocenters. The minimum atomic E-state index is -0.121. The highest BCUT2D eigenvalue weighted by Crippen LogP contribution is 2.16. The molecule has 2 heterocycles. The van der Waals surface area contributed by atoms with Gasteiger partial charge in [-0.25, -0.2) is 0 Å². The van der Waals surface area contributed by atoms with E-state index in [0.717, 1.165) is 16.8 Å². The Morgan fingerprint density at radius 3 is 3.05 bits per heavy atom. The largest absolute Gasteiger partial charge is 0.347 e. The first-order valence-corrected chi connectivity index (χ1v) is 7.03. The van der Waals surface area contributed by atoms with E-state index >= 15 is 0 Å². The van der Waals surface area contributed by atoms with Gasteiger partial charge in [-0.1, -0.05) is 11.8 Å². The van der Waals surface area contributed by atoms with E-state index in [1.54, 1.807) is 4.68 Å². The maximum Gasteiger partial charge on any atom is 0.262 e. The number of amides is 1. The molecule has 2 aromatic heterocycles. The lowest BCUT2D eigenvalue weighted by Gasteiger charge is -2.03. The van der Waals surface area contributed by atoms with Gasteiger partial charge < -0.3 is 11.1 Å². The van der Waals surface area contributed by atoms with Gasteiger partial charge in [-0.05, 0) is 18.4 Å². The summed E-state index contributed by atoms with van der Waals surface area (Å²) in [5.41, 5.74) is 7.99. The summed E-state index contributed by atoms with van der Waals surface area (Å²) < 4.78 is 1.74. The van der Waals surface area contributed by atoms with Gasteiger partial charge in [-0.2, -0.15) is 5.10 Å². The molecule has 0 fully saturated rings. The molecule has 2 aromatic rings. The van der Waals surface area contributed by atoms with Crippen LogP contribution in [0.3, 0.4) is 0 Å². The van der Waals surface area contributed by atoms with Crippen LogP contribution in [0.15, 0.2) is 17.6 Å². The number of hydrogen-bond donors (Lipinski definition) is 2. The molecule has 5 nitrogen and oxygen atoms in total. The Hall–Kier alpha value is -2.10. The fraction of sp³-hybridized carbons (Fsp3) is 0.286. The molecule has 3 N–H and O–H groups in total. The summed E-state index contributed by atoms with van der Waals surface area (Å²) in [7, 11) is 1.86. The summed E-state index contributed by atoms with van der Waals surface area (Å²) >= 11 is 1.38. The molecule has 0 aliphatic rings. The normalized spacial score (nSPS) is 9.95. The number of nitrogens with one attached hydrogen (secondary N) is 1. The highest BCUT2D eigenvalue weighted by Gasteiger charge is 2.12. The second-order valence-electron chi connectivity index (χ2n) is 4.27. The lowest BCUT2D eigenvalue weighted by atomic mass is 10.2. The van der Waals surface area contributed by atoms with Crippen molar-refractivity contribution in [2.45, 2.75) is 13.5 Å². The summed E-state index contributed by atoms with van der Waals surface area (Å²) in [4.78, 5) is 12.8. The summed E-state index contributed by atoms with van der Waals surface area (Å²) in [5, 5.41) is 8.98. The Balaban J connectivity index is 2.06. The van der Waals surface area contributed by atoms with E-state index < -0.39 is 0 Å². The zero-order valence-electron chi connectivity index (χ0n) is 11.4. The predicted octanol–water partition coefficient (Wildman–Crippen LogP) is 1.03. The maximum atomic E-state index is 12.2. The standard InChI is InChI=1S/C14H16N4OS/c1-10-12(9-18(2)17-10)8-16-14(19)13-11(4-3-6-15)5-7-20-13/h5,7,9H,6,8,15H2,1-2H3,(H,16,19). The molecular formula is C14H16N4OS. The first-order chi connectivity index (χ1) is 9.61. The molecule has 6 heteroatoms. The first kappa shape index (κ1) is 14.3. The third kappa shape index (κ3) is 3.26. The van der Waals surface area contributed by atoms with E-state index in [0.29, 0.717) is 11.4 Å². The van der Waals surface area contributed by atoms with Gasteiger partial charge in [0, 0.05) is 30.9 Å². The van der Waals surface area contributed by atoms with Crippen LogP contribution in [0.4, 0.5) is 0 Å².